The zero-order valence-electron chi connectivity index (χ0n) is 10.2. The predicted molar refractivity (Wildman–Crippen MR) is 82.9 cm³/mol. The zero-order chi connectivity index (χ0) is 12.7. The third kappa shape index (κ3) is 2.54. The molecule has 0 unspecified atom stereocenters. The Morgan fingerprint density at radius 1 is 1.28 bits per heavy atom. The van der Waals surface area contributed by atoms with Gasteiger partial charge in [0.05, 0.1) is 0 Å². The lowest BCUT2D eigenvalue weighted by Gasteiger charge is -2.21. The van der Waals surface area contributed by atoms with Gasteiger partial charge in [0.15, 0.2) is 0 Å². The van der Waals surface area contributed by atoms with Crippen molar-refractivity contribution in [2.45, 2.75) is 31.7 Å². The summed E-state index contributed by atoms with van der Waals surface area (Å²) in [6, 6.07) is 6.72. The minimum Gasteiger partial charge on any atom is -0.389 e. The average molecular weight is 325 g/mol. The maximum absolute atomic E-state index is 5.84. The third-order valence-electron chi connectivity index (χ3n) is 3.84. The standard InChI is InChI=1S/C14H17BrN2S/c15-10-2-1-3-11(12(10)14(16)18)17-13(8-4-5-8)9-6-7-9/h1-3,8-9,13,17H,4-7H2,(H2,16,18). The SMILES string of the molecule is NC(=S)c1c(Br)cccc1NC(C1CC1)C1CC1. The molecule has 18 heavy (non-hydrogen) atoms. The van der Waals surface area contributed by atoms with Crippen molar-refractivity contribution in [2.75, 3.05) is 5.32 Å². The molecular formula is C14H17BrN2S. The van der Waals surface area contributed by atoms with Gasteiger partial charge in [-0.1, -0.05) is 18.3 Å². The molecule has 0 heterocycles. The molecule has 3 rings (SSSR count). The van der Waals surface area contributed by atoms with E-state index in [1.807, 2.05) is 12.1 Å². The molecule has 0 spiro atoms. The molecule has 2 fully saturated rings. The van der Waals surface area contributed by atoms with E-state index in [0.717, 1.165) is 27.6 Å². The lowest BCUT2D eigenvalue weighted by Crippen LogP contribution is -2.26. The van der Waals surface area contributed by atoms with Gasteiger partial charge >= 0.3 is 0 Å². The van der Waals surface area contributed by atoms with Crippen molar-refractivity contribution in [2.24, 2.45) is 17.6 Å². The van der Waals surface area contributed by atoms with Crippen LogP contribution in [0.4, 0.5) is 5.69 Å². The first-order valence-electron chi connectivity index (χ1n) is 6.51. The van der Waals surface area contributed by atoms with Crippen LogP contribution in [0.2, 0.25) is 0 Å². The van der Waals surface area contributed by atoms with Crippen LogP contribution in [0.5, 0.6) is 0 Å². The highest BCUT2D eigenvalue weighted by molar-refractivity contribution is 9.10. The van der Waals surface area contributed by atoms with Crippen LogP contribution in [0, 0.1) is 11.8 Å². The van der Waals surface area contributed by atoms with Gasteiger partial charge in [-0.15, -0.1) is 0 Å². The Morgan fingerprint density at radius 2 is 1.89 bits per heavy atom. The summed E-state index contributed by atoms with van der Waals surface area (Å²) in [6.45, 7) is 0. The van der Waals surface area contributed by atoms with E-state index in [9.17, 15) is 0 Å². The smallest absolute Gasteiger partial charge is 0.107 e. The molecule has 0 atom stereocenters. The monoisotopic (exact) mass is 324 g/mol. The molecule has 2 aliphatic carbocycles. The van der Waals surface area contributed by atoms with E-state index in [-0.39, 0.29) is 0 Å². The fourth-order valence-electron chi connectivity index (χ4n) is 2.61. The second-order valence-electron chi connectivity index (χ2n) is 5.37. The first kappa shape index (κ1) is 12.4. The van der Waals surface area contributed by atoms with Crippen LogP contribution in [0.1, 0.15) is 31.2 Å². The Hall–Kier alpha value is -0.610. The van der Waals surface area contributed by atoms with Gasteiger partial charge in [0.1, 0.15) is 4.99 Å². The minimum absolute atomic E-state index is 0.454. The van der Waals surface area contributed by atoms with Crippen LogP contribution in [-0.2, 0) is 0 Å². The van der Waals surface area contributed by atoms with Crippen molar-refractivity contribution >= 4 is 38.8 Å². The second-order valence-corrected chi connectivity index (χ2v) is 6.67. The highest BCUT2D eigenvalue weighted by Gasteiger charge is 2.41. The molecule has 0 aliphatic heterocycles. The van der Waals surface area contributed by atoms with E-state index in [4.69, 9.17) is 18.0 Å². The number of halogens is 1. The van der Waals surface area contributed by atoms with Gasteiger partial charge in [0.25, 0.3) is 0 Å². The van der Waals surface area contributed by atoms with Gasteiger partial charge in [-0.05, 0) is 65.6 Å². The van der Waals surface area contributed by atoms with Crippen LogP contribution in [-0.4, -0.2) is 11.0 Å². The molecule has 96 valence electrons. The Balaban J connectivity index is 1.86. The van der Waals surface area contributed by atoms with Crippen molar-refractivity contribution in [3.63, 3.8) is 0 Å². The third-order valence-corrected chi connectivity index (χ3v) is 4.71. The maximum atomic E-state index is 5.84. The fraction of sp³-hybridized carbons (Fsp3) is 0.500. The zero-order valence-corrected chi connectivity index (χ0v) is 12.6. The van der Waals surface area contributed by atoms with Gasteiger partial charge in [-0.2, -0.15) is 0 Å². The van der Waals surface area contributed by atoms with E-state index < -0.39 is 0 Å². The maximum Gasteiger partial charge on any atom is 0.107 e. The molecule has 2 saturated carbocycles. The molecule has 0 radical (unpaired) electrons. The first-order valence-corrected chi connectivity index (χ1v) is 7.72. The highest BCUT2D eigenvalue weighted by Crippen LogP contribution is 2.46. The van der Waals surface area contributed by atoms with Crippen molar-refractivity contribution < 1.29 is 0 Å². The molecule has 0 aromatic heterocycles. The summed E-state index contributed by atoms with van der Waals surface area (Å²) in [7, 11) is 0. The summed E-state index contributed by atoms with van der Waals surface area (Å²) in [5.41, 5.74) is 7.86. The number of benzene rings is 1. The fourth-order valence-corrected chi connectivity index (χ4v) is 3.54. The summed E-state index contributed by atoms with van der Waals surface area (Å²) in [5.74, 6) is 1.71. The molecule has 1 aromatic rings. The lowest BCUT2D eigenvalue weighted by atomic mass is 10.1. The van der Waals surface area contributed by atoms with Crippen LogP contribution >= 0.6 is 28.1 Å². The van der Waals surface area contributed by atoms with E-state index in [1.165, 1.54) is 25.7 Å². The molecule has 1 aromatic carbocycles. The van der Waals surface area contributed by atoms with Crippen LogP contribution in [0.25, 0.3) is 0 Å². The quantitative estimate of drug-likeness (QED) is 0.811. The predicted octanol–water partition coefficient (Wildman–Crippen LogP) is 3.68. The average Bonchev–Trinajstić information content (AvgIpc) is 3.17. The molecule has 2 aliphatic rings. The normalized spacial score (nSPS) is 19.0. The Bertz CT molecular complexity index is 469. The van der Waals surface area contributed by atoms with E-state index in [0.29, 0.717) is 11.0 Å². The Labute approximate surface area is 121 Å². The Kier molecular flexibility index (Phi) is 3.32. The van der Waals surface area contributed by atoms with Crippen molar-refractivity contribution in [3.8, 4) is 0 Å². The van der Waals surface area contributed by atoms with Crippen molar-refractivity contribution in [1.29, 1.82) is 0 Å². The largest absolute Gasteiger partial charge is 0.389 e. The summed E-state index contributed by atoms with van der Waals surface area (Å²) in [5, 5.41) is 3.70. The number of hydrogen-bond donors (Lipinski definition) is 2. The van der Waals surface area contributed by atoms with Crippen molar-refractivity contribution in [1.82, 2.24) is 0 Å². The Morgan fingerprint density at radius 3 is 2.39 bits per heavy atom. The molecule has 4 heteroatoms. The second kappa shape index (κ2) is 4.82. The summed E-state index contributed by atoms with van der Waals surface area (Å²) >= 11 is 8.70. The first-order chi connectivity index (χ1) is 8.66. The van der Waals surface area contributed by atoms with Gasteiger partial charge in [0.2, 0.25) is 0 Å². The lowest BCUT2D eigenvalue weighted by molar-refractivity contribution is 0.567. The molecule has 0 saturated heterocycles. The van der Waals surface area contributed by atoms with E-state index in [2.05, 4.69) is 27.3 Å². The summed E-state index contributed by atoms with van der Waals surface area (Å²) in [4.78, 5) is 0.454. The highest BCUT2D eigenvalue weighted by atomic mass is 79.9. The number of thiocarbonyl (C=S) groups is 1. The van der Waals surface area contributed by atoms with Crippen molar-refractivity contribution in [3.05, 3.63) is 28.2 Å². The van der Waals surface area contributed by atoms with Gasteiger partial charge in [-0.3, -0.25) is 0 Å². The van der Waals surface area contributed by atoms with Crippen LogP contribution in [0.15, 0.2) is 22.7 Å². The molecule has 0 bridgehead atoms. The number of nitrogens with two attached hydrogens (primary N) is 1. The van der Waals surface area contributed by atoms with E-state index in [1.54, 1.807) is 0 Å². The molecule has 2 nitrogen and oxygen atoms in total. The van der Waals surface area contributed by atoms with Gasteiger partial charge in [-0.25, -0.2) is 0 Å². The van der Waals surface area contributed by atoms with E-state index >= 15 is 0 Å². The molecular weight excluding hydrogens is 308 g/mol. The number of hydrogen-bond acceptors (Lipinski definition) is 2. The summed E-state index contributed by atoms with van der Waals surface area (Å²) in [6.07, 6.45) is 5.46. The molecule has 3 N–H and O–H groups in total. The van der Waals surface area contributed by atoms with Gasteiger partial charge < -0.3 is 11.1 Å². The van der Waals surface area contributed by atoms with Crippen LogP contribution in [0.3, 0.4) is 0 Å². The topological polar surface area (TPSA) is 38.0 Å². The summed E-state index contributed by atoms with van der Waals surface area (Å²) < 4.78 is 0.977. The van der Waals surface area contributed by atoms with Gasteiger partial charge in [0, 0.05) is 21.8 Å². The minimum atomic E-state index is 0.454. The number of rotatable bonds is 5. The molecule has 0 amide bonds. The van der Waals surface area contributed by atoms with Crippen LogP contribution < -0.4 is 11.1 Å². The number of nitrogens with one attached hydrogen (secondary N) is 1. The number of anilines is 1.